The van der Waals surface area contributed by atoms with Crippen molar-refractivity contribution >= 4 is 40.2 Å². The van der Waals surface area contributed by atoms with E-state index in [1.165, 1.54) is 0 Å². The largest absolute Gasteiger partial charge is 0.356 e. The minimum Gasteiger partial charge on any atom is -0.356 e. The lowest BCUT2D eigenvalue weighted by molar-refractivity contribution is -0.198. The Labute approximate surface area is 247 Å². The normalized spacial score (nSPS) is 17.0. The van der Waals surface area contributed by atoms with Crippen molar-refractivity contribution in [1.29, 1.82) is 0 Å². The minimum absolute atomic E-state index is 0.192. The van der Waals surface area contributed by atoms with Crippen LogP contribution < -0.4 is 10.6 Å². The second-order valence-electron chi connectivity index (χ2n) is 10.1. The molecule has 0 radical (unpaired) electrons. The van der Waals surface area contributed by atoms with Gasteiger partial charge in [-0.05, 0) is 37.8 Å². The highest BCUT2D eigenvalue weighted by Gasteiger charge is 2.30. The summed E-state index contributed by atoms with van der Waals surface area (Å²) in [6.07, 6.45) is 2.75. The number of nitrogens with zero attached hydrogens (tertiary/aromatic N) is 7. The molecule has 4 heterocycles. The molecule has 2 aromatic carbocycles. The van der Waals surface area contributed by atoms with E-state index >= 15 is 0 Å². The summed E-state index contributed by atoms with van der Waals surface area (Å²) in [5.41, 5.74) is 3.99. The van der Waals surface area contributed by atoms with Crippen molar-refractivity contribution in [3.63, 3.8) is 0 Å². The molecule has 0 spiro atoms. The fourth-order valence-corrected chi connectivity index (χ4v) is 5.61. The molecule has 1 saturated heterocycles. The molecule has 2 atom stereocenters. The molecule has 3 N–H and O–H groups in total. The van der Waals surface area contributed by atoms with Crippen LogP contribution in [0.5, 0.6) is 0 Å². The Hall–Kier alpha value is -4.04. The fourth-order valence-electron chi connectivity index (χ4n) is 5.05. The molecule has 5 aromatic rings. The molecule has 1 amide bonds. The molecule has 1 fully saturated rings. The highest BCUT2D eigenvalue weighted by Crippen LogP contribution is 2.31. The highest BCUT2D eigenvalue weighted by molar-refractivity contribution is 7.98. The van der Waals surface area contributed by atoms with Crippen LogP contribution >= 0.6 is 11.8 Å². The second kappa shape index (κ2) is 12.1. The summed E-state index contributed by atoms with van der Waals surface area (Å²) in [5.74, 6) is 0.692. The molecule has 0 aliphatic carbocycles. The van der Waals surface area contributed by atoms with Gasteiger partial charge < -0.3 is 20.5 Å². The molecular weight excluding hydrogens is 554 g/mol. The summed E-state index contributed by atoms with van der Waals surface area (Å²) in [5, 5.41) is 27.4. The lowest BCUT2D eigenvalue weighted by Crippen LogP contribution is -2.46. The third kappa shape index (κ3) is 5.55. The maximum atomic E-state index is 13.2. The predicted molar refractivity (Wildman–Crippen MR) is 161 cm³/mol. The third-order valence-electron chi connectivity index (χ3n) is 7.29. The Morgan fingerprint density at radius 1 is 1.17 bits per heavy atom. The SMILES string of the molecule is CCn1cc(-c2nc3c4cccc(SC)c4nc(N[C@@H]4CN(C(O)OCc5ccccc5)CCNC4=O)n3n2)c(C)n1. The van der Waals surface area contributed by atoms with Gasteiger partial charge in [-0.15, -0.1) is 16.9 Å². The summed E-state index contributed by atoms with van der Waals surface area (Å²) in [6.45, 7) is 5.93. The molecule has 0 saturated carbocycles. The van der Waals surface area contributed by atoms with Crippen LogP contribution in [0.3, 0.4) is 0 Å². The van der Waals surface area contributed by atoms with Crippen LogP contribution in [0.1, 0.15) is 18.2 Å². The number of carbonyl (C=O) groups excluding carboxylic acids is 1. The lowest BCUT2D eigenvalue weighted by atomic mass is 10.2. The Balaban J connectivity index is 1.35. The van der Waals surface area contributed by atoms with Crippen molar-refractivity contribution in [2.75, 3.05) is 31.2 Å². The monoisotopic (exact) mass is 587 g/mol. The topological polar surface area (TPSA) is 135 Å². The first kappa shape index (κ1) is 28.1. The Bertz CT molecular complexity index is 1720. The van der Waals surface area contributed by atoms with E-state index in [0.717, 1.165) is 39.2 Å². The van der Waals surface area contributed by atoms with Gasteiger partial charge in [0.1, 0.15) is 6.04 Å². The van der Waals surface area contributed by atoms with Crippen LogP contribution in [0.2, 0.25) is 0 Å². The van der Waals surface area contributed by atoms with Crippen LogP contribution in [-0.2, 0) is 22.7 Å². The number of hydrogen-bond donors (Lipinski definition) is 3. The Kier molecular flexibility index (Phi) is 8.07. The Morgan fingerprint density at radius 2 is 2.00 bits per heavy atom. The van der Waals surface area contributed by atoms with Gasteiger partial charge in [-0.25, -0.2) is 9.97 Å². The molecule has 0 bridgehead atoms. The first-order chi connectivity index (χ1) is 20.4. The number of carbonyl (C=O) groups is 1. The molecule has 12 nitrogen and oxygen atoms in total. The number of aliphatic hydroxyl groups is 1. The summed E-state index contributed by atoms with van der Waals surface area (Å²) >= 11 is 1.59. The van der Waals surface area contributed by atoms with Crippen LogP contribution in [-0.4, -0.2) is 83.6 Å². The van der Waals surface area contributed by atoms with Crippen molar-refractivity contribution in [3.8, 4) is 11.4 Å². The maximum Gasteiger partial charge on any atom is 0.243 e. The number of amides is 1. The fraction of sp³-hybridized carbons (Fsp3) is 0.345. The van der Waals surface area contributed by atoms with Crippen LogP contribution in [0.4, 0.5) is 5.95 Å². The molecule has 42 heavy (non-hydrogen) atoms. The number of hydrogen-bond acceptors (Lipinski definition) is 10. The van der Waals surface area contributed by atoms with Crippen molar-refractivity contribution in [3.05, 3.63) is 66.0 Å². The van der Waals surface area contributed by atoms with Gasteiger partial charge in [0.15, 0.2) is 11.5 Å². The van der Waals surface area contributed by atoms with E-state index in [0.29, 0.717) is 30.5 Å². The van der Waals surface area contributed by atoms with Gasteiger partial charge in [0.2, 0.25) is 18.3 Å². The van der Waals surface area contributed by atoms with Crippen molar-refractivity contribution in [1.82, 2.24) is 39.6 Å². The summed E-state index contributed by atoms with van der Waals surface area (Å²) < 4.78 is 9.25. The zero-order valence-corrected chi connectivity index (χ0v) is 24.5. The molecule has 1 aliphatic heterocycles. The van der Waals surface area contributed by atoms with E-state index in [9.17, 15) is 9.90 Å². The average Bonchev–Trinajstić information content (AvgIpc) is 3.57. The zero-order chi connectivity index (χ0) is 29.2. The van der Waals surface area contributed by atoms with E-state index in [2.05, 4.69) is 15.7 Å². The number of anilines is 1. The van der Waals surface area contributed by atoms with Crippen LogP contribution in [0.25, 0.3) is 27.9 Å². The molecule has 3 aromatic heterocycles. The van der Waals surface area contributed by atoms with Crippen molar-refractivity contribution in [2.45, 2.75) is 44.4 Å². The average molecular weight is 588 g/mol. The molecule has 1 unspecified atom stereocenters. The third-order valence-corrected chi connectivity index (χ3v) is 8.06. The number of para-hydroxylation sites is 1. The predicted octanol–water partition coefficient (Wildman–Crippen LogP) is 2.90. The number of ether oxygens (including phenoxy) is 1. The zero-order valence-electron chi connectivity index (χ0n) is 23.7. The van der Waals surface area contributed by atoms with Crippen LogP contribution in [0, 0.1) is 6.92 Å². The second-order valence-corrected chi connectivity index (χ2v) is 10.9. The smallest absolute Gasteiger partial charge is 0.243 e. The minimum atomic E-state index is -1.19. The number of aryl methyl sites for hydroxylation is 2. The Morgan fingerprint density at radius 3 is 2.76 bits per heavy atom. The van der Waals surface area contributed by atoms with Gasteiger partial charge in [0, 0.05) is 42.7 Å². The van der Waals surface area contributed by atoms with E-state index in [1.807, 2.05) is 79.5 Å². The van der Waals surface area contributed by atoms with Crippen molar-refractivity contribution < 1.29 is 14.6 Å². The number of aliphatic hydroxyl groups excluding tert-OH is 1. The number of rotatable bonds is 9. The summed E-state index contributed by atoms with van der Waals surface area (Å²) in [6, 6.07) is 14.9. The van der Waals surface area contributed by atoms with E-state index in [4.69, 9.17) is 19.8 Å². The number of nitrogens with one attached hydrogen (secondary N) is 2. The number of thioether (sulfide) groups is 1. The molecular formula is C29H33N9O3S. The maximum absolute atomic E-state index is 13.2. The number of fused-ring (bicyclic) bond motifs is 3. The molecule has 13 heteroatoms. The van der Waals surface area contributed by atoms with Crippen molar-refractivity contribution in [2.24, 2.45) is 0 Å². The highest BCUT2D eigenvalue weighted by atomic mass is 32.2. The van der Waals surface area contributed by atoms with Gasteiger partial charge in [0.05, 0.1) is 23.4 Å². The molecule has 218 valence electrons. The van der Waals surface area contributed by atoms with Gasteiger partial charge in [-0.3, -0.25) is 14.4 Å². The summed E-state index contributed by atoms with van der Waals surface area (Å²) in [7, 11) is 0. The first-order valence-electron chi connectivity index (χ1n) is 13.8. The summed E-state index contributed by atoms with van der Waals surface area (Å²) in [4.78, 5) is 25.8. The van der Waals surface area contributed by atoms with Crippen LogP contribution in [0.15, 0.2) is 59.6 Å². The molecule has 6 rings (SSSR count). The quantitative estimate of drug-likeness (QED) is 0.175. The van der Waals surface area contributed by atoms with Gasteiger partial charge >= 0.3 is 0 Å². The van der Waals surface area contributed by atoms with E-state index in [-0.39, 0.29) is 19.1 Å². The van der Waals surface area contributed by atoms with E-state index < -0.39 is 12.5 Å². The van der Waals surface area contributed by atoms with Gasteiger partial charge in [-0.1, -0.05) is 36.4 Å². The standard InChI is InChI=1S/C29H33N9O3S/c1-4-37-15-21(18(2)34-37)25-33-26-20-11-8-12-23(42-3)24(20)32-28(38(26)35-25)31-22-16-36(14-13-30-27(22)39)29(40)41-17-19-9-6-5-7-10-19/h5-12,15,22,29,40H,4,13-14,16-17H2,1-3H3,(H,30,39)(H,31,32)/t22-,29?/m1/s1. The van der Waals surface area contributed by atoms with Gasteiger partial charge in [-0.2, -0.15) is 9.61 Å². The lowest BCUT2D eigenvalue weighted by Gasteiger charge is -2.28. The number of benzene rings is 2. The first-order valence-corrected chi connectivity index (χ1v) is 15.1. The number of aromatic nitrogens is 6. The van der Waals surface area contributed by atoms with E-state index in [1.54, 1.807) is 21.2 Å². The molecule has 1 aliphatic rings. The van der Waals surface area contributed by atoms with Gasteiger partial charge in [0.25, 0.3) is 0 Å².